The zero-order valence-electron chi connectivity index (χ0n) is 10.0. The summed E-state index contributed by atoms with van der Waals surface area (Å²) in [5.74, 6) is 0. The molecule has 2 heteroatoms. The topological polar surface area (TPSA) is 4.93 Å². The van der Waals surface area contributed by atoms with Gasteiger partial charge in [0, 0.05) is 27.2 Å². The predicted molar refractivity (Wildman–Crippen MR) is 77.1 cm³/mol. The lowest BCUT2D eigenvalue weighted by molar-refractivity contribution is 0.642. The maximum atomic E-state index is 4.44. The summed E-state index contributed by atoms with van der Waals surface area (Å²) in [6, 6.07) is 15.4. The van der Waals surface area contributed by atoms with E-state index in [9.17, 15) is 0 Å². The van der Waals surface area contributed by atoms with E-state index in [0.29, 0.717) is 6.04 Å². The zero-order valence-corrected chi connectivity index (χ0v) is 10.9. The Morgan fingerprint density at radius 1 is 0.941 bits per heavy atom. The molecule has 0 atom stereocenters. The number of rotatable bonds is 1. The van der Waals surface area contributed by atoms with Crippen LogP contribution in [0, 0.1) is 0 Å². The third-order valence-electron chi connectivity index (χ3n) is 3.21. The van der Waals surface area contributed by atoms with E-state index in [1.807, 2.05) is 0 Å². The fourth-order valence-electron chi connectivity index (χ4n) is 2.54. The van der Waals surface area contributed by atoms with Crippen LogP contribution in [0.5, 0.6) is 0 Å². The van der Waals surface area contributed by atoms with Gasteiger partial charge in [0.1, 0.15) is 0 Å². The summed E-state index contributed by atoms with van der Waals surface area (Å²) in [7, 11) is 0. The number of hydrogen-bond acceptors (Lipinski definition) is 1. The van der Waals surface area contributed by atoms with Crippen molar-refractivity contribution >= 4 is 34.4 Å². The van der Waals surface area contributed by atoms with Gasteiger partial charge in [0.2, 0.25) is 0 Å². The van der Waals surface area contributed by atoms with Crippen molar-refractivity contribution in [2.24, 2.45) is 0 Å². The number of thiol groups is 1. The van der Waals surface area contributed by atoms with Crippen molar-refractivity contribution < 1.29 is 0 Å². The van der Waals surface area contributed by atoms with Crippen molar-refractivity contribution in [1.29, 1.82) is 0 Å². The highest BCUT2D eigenvalue weighted by molar-refractivity contribution is 7.80. The van der Waals surface area contributed by atoms with E-state index in [0.717, 1.165) is 4.90 Å². The number of benzene rings is 2. The molecule has 0 aliphatic rings. The first kappa shape index (κ1) is 10.7. The van der Waals surface area contributed by atoms with Crippen molar-refractivity contribution in [2.45, 2.75) is 24.8 Å². The van der Waals surface area contributed by atoms with Crippen LogP contribution in [0.3, 0.4) is 0 Å². The summed E-state index contributed by atoms with van der Waals surface area (Å²) in [6.07, 6.45) is 0. The van der Waals surface area contributed by atoms with E-state index in [2.05, 4.69) is 73.5 Å². The van der Waals surface area contributed by atoms with Crippen LogP contribution in [-0.2, 0) is 0 Å². The van der Waals surface area contributed by atoms with Crippen LogP contribution in [0.1, 0.15) is 19.9 Å². The molecular formula is C15H15NS. The predicted octanol–water partition coefficient (Wildman–Crippen LogP) is 4.66. The molecule has 0 saturated carbocycles. The van der Waals surface area contributed by atoms with Gasteiger partial charge >= 0.3 is 0 Å². The van der Waals surface area contributed by atoms with Gasteiger partial charge in [-0.1, -0.05) is 24.3 Å². The van der Waals surface area contributed by atoms with E-state index in [4.69, 9.17) is 0 Å². The van der Waals surface area contributed by atoms with Gasteiger partial charge in [-0.05, 0) is 32.0 Å². The third kappa shape index (κ3) is 1.55. The van der Waals surface area contributed by atoms with Crippen LogP contribution in [0.4, 0.5) is 0 Å². The van der Waals surface area contributed by atoms with Gasteiger partial charge in [-0.15, -0.1) is 12.6 Å². The lowest BCUT2D eigenvalue weighted by Gasteiger charge is -2.11. The largest absolute Gasteiger partial charge is 0.338 e. The SMILES string of the molecule is CC(C)n1c2ccccc2c2ccc(S)cc21. The molecule has 0 spiro atoms. The second-order valence-corrected chi connectivity index (χ2v) is 5.20. The Hall–Kier alpha value is -1.41. The molecule has 0 aliphatic carbocycles. The Kier molecular flexibility index (Phi) is 2.40. The van der Waals surface area contributed by atoms with Gasteiger partial charge in [-0.25, -0.2) is 0 Å². The Morgan fingerprint density at radius 3 is 2.41 bits per heavy atom. The molecule has 0 fully saturated rings. The highest BCUT2D eigenvalue weighted by Gasteiger charge is 2.11. The van der Waals surface area contributed by atoms with E-state index in [1.54, 1.807) is 0 Å². The van der Waals surface area contributed by atoms with Crippen LogP contribution in [-0.4, -0.2) is 4.57 Å². The first-order valence-electron chi connectivity index (χ1n) is 5.90. The molecule has 86 valence electrons. The quantitative estimate of drug-likeness (QED) is 0.591. The second kappa shape index (κ2) is 3.81. The van der Waals surface area contributed by atoms with Crippen molar-refractivity contribution in [2.75, 3.05) is 0 Å². The maximum Gasteiger partial charge on any atom is 0.0504 e. The van der Waals surface area contributed by atoms with Gasteiger partial charge in [0.15, 0.2) is 0 Å². The minimum Gasteiger partial charge on any atom is -0.338 e. The van der Waals surface area contributed by atoms with Gasteiger partial charge in [0.05, 0.1) is 5.52 Å². The zero-order chi connectivity index (χ0) is 12.0. The molecule has 1 aromatic heterocycles. The fraction of sp³-hybridized carbons (Fsp3) is 0.200. The number of hydrogen-bond donors (Lipinski definition) is 1. The molecule has 0 unspecified atom stereocenters. The normalized spacial score (nSPS) is 11.8. The lowest BCUT2D eigenvalue weighted by Crippen LogP contribution is -1.99. The standard InChI is InChI=1S/C15H15NS/c1-10(2)16-14-6-4-3-5-12(14)13-8-7-11(17)9-15(13)16/h3-10,17H,1-2H3. The van der Waals surface area contributed by atoms with E-state index in [-0.39, 0.29) is 0 Å². The average Bonchev–Trinajstić information content (AvgIpc) is 2.62. The Labute approximate surface area is 106 Å². The highest BCUT2D eigenvalue weighted by Crippen LogP contribution is 2.32. The molecule has 3 aromatic rings. The Morgan fingerprint density at radius 2 is 1.65 bits per heavy atom. The first-order valence-corrected chi connectivity index (χ1v) is 6.35. The van der Waals surface area contributed by atoms with E-state index in [1.165, 1.54) is 21.8 Å². The molecule has 0 amide bonds. The molecule has 0 saturated heterocycles. The summed E-state index contributed by atoms with van der Waals surface area (Å²) in [4.78, 5) is 1.02. The molecule has 0 bridgehead atoms. The number of nitrogens with zero attached hydrogens (tertiary/aromatic N) is 1. The molecule has 1 heterocycles. The van der Waals surface area contributed by atoms with Gasteiger partial charge in [0.25, 0.3) is 0 Å². The van der Waals surface area contributed by atoms with Gasteiger partial charge < -0.3 is 4.57 Å². The average molecular weight is 241 g/mol. The molecular weight excluding hydrogens is 226 g/mol. The molecule has 0 radical (unpaired) electrons. The molecule has 2 aromatic carbocycles. The van der Waals surface area contributed by atoms with Crippen LogP contribution in [0.25, 0.3) is 21.8 Å². The summed E-state index contributed by atoms with van der Waals surface area (Å²) in [5.41, 5.74) is 2.57. The minimum atomic E-state index is 0.451. The summed E-state index contributed by atoms with van der Waals surface area (Å²) < 4.78 is 2.38. The molecule has 1 nitrogen and oxygen atoms in total. The molecule has 0 N–H and O–H groups in total. The van der Waals surface area contributed by atoms with Crippen LogP contribution in [0.15, 0.2) is 47.4 Å². The molecule has 3 rings (SSSR count). The second-order valence-electron chi connectivity index (χ2n) is 4.68. The summed E-state index contributed by atoms with van der Waals surface area (Å²) in [6.45, 7) is 4.44. The smallest absolute Gasteiger partial charge is 0.0504 e. The Bertz CT molecular complexity index is 695. The highest BCUT2D eigenvalue weighted by atomic mass is 32.1. The Balaban J connectivity index is 2.57. The van der Waals surface area contributed by atoms with Crippen molar-refractivity contribution in [3.05, 3.63) is 42.5 Å². The van der Waals surface area contributed by atoms with Crippen LogP contribution >= 0.6 is 12.6 Å². The molecule has 17 heavy (non-hydrogen) atoms. The summed E-state index contributed by atoms with van der Waals surface area (Å²) >= 11 is 4.44. The number of aromatic nitrogens is 1. The van der Waals surface area contributed by atoms with Gasteiger partial charge in [-0.3, -0.25) is 0 Å². The maximum absolute atomic E-state index is 4.44. The third-order valence-corrected chi connectivity index (χ3v) is 3.49. The minimum absolute atomic E-state index is 0.451. The van der Waals surface area contributed by atoms with Crippen molar-refractivity contribution in [1.82, 2.24) is 4.57 Å². The summed E-state index contributed by atoms with van der Waals surface area (Å²) in [5, 5.41) is 2.64. The van der Waals surface area contributed by atoms with Crippen molar-refractivity contribution in [3.63, 3.8) is 0 Å². The molecule has 0 aliphatic heterocycles. The monoisotopic (exact) mass is 241 g/mol. The first-order chi connectivity index (χ1) is 8.18. The number of fused-ring (bicyclic) bond motifs is 3. The van der Waals surface area contributed by atoms with Crippen LogP contribution in [0.2, 0.25) is 0 Å². The fourth-order valence-corrected chi connectivity index (χ4v) is 2.74. The number of para-hydroxylation sites is 1. The van der Waals surface area contributed by atoms with Crippen molar-refractivity contribution in [3.8, 4) is 0 Å². The van der Waals surface area contributed by atoms with Gasteiger partial charge in [-0.2, -0.15) is 0 Å². The van der Waals surface area contributed by atoms with E-state index < -0.39 is 0 Å². The lowest BCUT2D eigenvalue weighted by atomic mass is 10.2. The van der Waals surface area contributed by atoms with Crippen LogP contribution < -0.4 is 0 Å². The van der Waals surface area contributed by atoms with E-state index >= 15 is 0 Å².